The van der Waals surface area contributed by atoms with Crippen LogP contribution in [0.15, 0.2) is 18.2 Å². The Labute approximate surface area is 126 Å². The van der Waals surface area contributed by atoms with Crippen molar-refractivity contribution in [2.75, 3.05) is 37.9 Å². The molecule has 3 N–H and O–H groups in total. The van der Waals surface area contributed by atoms with Gasteiger partial charge in [-0.3, -0.25) is 4.79 Å². The van der Waals surface area contributed by atoms with Crippen molar-refractivity contribution in [2.45, 2.75) is 30.8 Å². The summed E-state index contributed by atoms with van der Waals surface area (Å²) >= 11 is 0. The molecule has 5 heteroatoms. The Kier molecular flexibility index (Phi) is 3.42. The number of fused-ring (bicyclic) bond motifs is 1. The molecule has 1 aromatic rings. The molecule has 2 aliphatic rings. The third kappa shape index (κ3) is 2.30. The zero-order chi connectivity index (χ0) is 15.2. The van der Waals surface area contributed by atoms with Crippen LogP contribution in [-0.2, 0) is 4.79 Å². The monoisotopic (exact) mass is 288 g/mol. The summed E-state index contributed by atoms with van der Waals surface area (Å²) in [7, 11) is 6.44. The van der Waals surface area contributed by atoms with Crippen molar-refractivity contribution in [2.24, 2.45) is 5.73 Å². The molecule has 21 heavy (non-hydrogen) atoms. The Morgan fingerprint density at radius 2 is 2.05 bits per heavy atom. The Morgan fingerprint density at radius 3 is 2.62 bits per heavy atom. The number of hydrogen-bond donors (Lipinski definition) is 2. The Balaban J connectivity index is 1.79. The fourth-order valence-electron chi connectivity index (χ4n) is 3.38. The van der Waals surface area contributed by atoms with Crippen molar-refractivity contribution in [3.05, 3.63) is 23.8 Å². The lowest BCUT2D eigenvalue weighted by atomic mass is 9.75. The number of likely N-dealkylation sites (N-methyl/N-ethyl adjacent to an activating group) is 2. The van der Waals surface area contributed by atoms with E-state index < -0.39 is 6.04 Å². The van der Waals surface area contributed by atoms with E-state index >= 15 is 0 Å². The van der Waals surface area contributed by atoms with E-state index in [9.17, 15) is 4.79 Å². The van der Waals surface area contributed by atoms with Gasteiger partial charge in [0.05, 0.1) is 0 Å². The van der Waals surface area contributed by atoms with Crippen LogP contribution in [-0.4, -0.2) is 44.0 Å². The van der Waals surface area contributed by atoms with Crippen molar-refractivity contribution in [1.29, 1.82) is 0 Å². The Bertz CT molecular complexity index is 565. The third-order valence-electron chi connectivity index (χ3n) is 5.12. The average molecular weight is 288 g/mol. The van der Waals surface area contributed by atoms with Gasteiger partial charge < -0.3 is 20.9 Å². The van der Waals surface area contributed by atoms with Gasteiger partial charge in [0.25, 0.3) is 0 Å². The fraction of sp³-hybridized carbons (Fsp3) is 0.562. The maximum absolute atomic E-state index is 11.6. The van der Waals surface area contributed by atoms with Gasteiger partial charge in [0, 0.05) is 36.1 Å². The molecule has 0 spiro atoms. The van der Waals surface area contributed by atoms with Gasteiger partial charge in [-0.25, -0.2) is 0 Å². The number of nitrogens with one attached hydrogen (secondary N) is 1. The number of benzene rings is 1. The second-order valence-corrected chi connectivity index (χ2v) is 6.57. The summed E-state index contributed by atoms with van der Waals surface area (Å²) in [6.07, 6.45) is 3.80. The van der Waals surface area contributed by atoms with E-state index in [0.29, 0.717) is 0 Å². The minimum absolute atomic E-state index is 0.117. The summed E-state index contributed by atoms with van der Waals surface area (Å²) < 4.78 is 0. The molecule has 1 unspecified atom stereocenters. The van der Waals surface area contributed by atoms with Gasteiger partial charge in [0.15, 0.2) is 0 Å². The maximum Gasteiger partial charge on any atom is 0.245 e. The van der Waals surface area contributed by atoms with Crippen LogP contribution >= 0.6 is 0 Å². The summed E-state index contributed by atoms with van der Waals surface area (Å²) in [6, 6.07) is 5.52. The van der Waals surface area contributed by atoms with E-state index in [0.717, 1.165) is 23.5 Å². The highest BCUT2D eigenvalue weighted by Crippen LogP contribution is 2.38. The lowest BCUT2D eigenvalue weighted by molar-refractivity contribution is -0.116. The normalized spacial score (nSPS) is 22.7. The van der Waals surface area contributed by atoms with Crippen LogP contribution in [0.2, 0.25) is 0 Å². The second kappa shape index (κ2) is 5.00. The summed E-state index contributed by atoms with van der Waals surface area (Å²) in [4.78, 5) is 16.2. The first-order chi connectivity index (χ1) is 9.93. The molecule has 0 bridgehead atoms. The molecule has 3 rings (SSSR count). The summed E-state index contributed by atoms with van der Waals surface area (Å²) in [6.45, 7) is 0.999. The van der Waals surface area contributed by atoms with Gasteiger partial charge in [0.1, 0.15) is 6.04 Å². The van der Waals surface area contributed by atoms with E-state index in [1.54, 1.807) is 0 Å². The first-order valence-corrected chi connectivity index (χ1v) is 7.52. The van der Waals surface area contributed by atoms with Gasteiger partial charge in [-0.2, -0.15) is 0 Å². The van der Waals surface area contributed by atoms with Crippen LogP contribution in [0.3, 0.4) is 0 Å². The SMILES string of the molecule is CN(CC1(N(C)C)CCC1)c1ccc2c(c1)NC(=O)C2N. The van der Waals surface area contributed by atoms with Crippen molar-refractivity contribution in [1.82, 2.24) is 4.90 Å². The van der Waals surface area contributed by atoms with E-state index in [4.69, 9.17) is 5.73 Å². The lowest BCUT2D eigenvalue weighted by Crippen LogP contribution is -2.56. The van der Waals surface area contributed by atoms with Crippen LogP contribution in [0.5, 0.6) is 0 Å². The molecule has 1 aliphatic heterocycles. The van der Waals surface area contributed by atoms with Gasteiger partial charge >= 0.3 is 0 Å². The number of amides is 1. The summed E-state index contributed by atoms with van der Waals surface area (Å²) in [5.74, 6) is -0.117. The molecule has 1 saturated carbocycles. The number of rotatable bonds is 4. The lowest BCUT2D eigenvalue weighted by Gasteiger charge is -2.49. The quantitative estimate of drug-likeness (QED) is 0.882. The van der Waals surface area contributed by atoms with Crippen LogP contribution < -0.4 is 16.0 Å². The molecule has 1 aromatic carbocycles. The molecule has 0 saturated heterocycles. The van der Waals surface area contributed by atoms with E-state index in [2.05, 4.69) is 42.3 Å². The molecule has 0 aromatic heterocycles. The van der Waals surface area contributed by atoms with E-state index in [1.807, 2.05) is 12.1 Å². The number of anilines is 2. The van der Waals surface area contributed by atoms with Gasteiger partial charge in [0.2, 0.25) is 5.91 Å². The average Bonchev–Trinajstić information content (AvgIpc) is 2.68. The van der Waals surface area contributed by atoms with Gasteiger partial charge in [-0.1, -0.05) is 6.07 Å². The van der Waals surface area contributed by atoms with Crippen molar-refractivity contribution < 1.29 is 4.79 Å². The largest absolute Gasteiger partial charge is 0.373 e. The molecular weight excluding hydrogens is 264 g/mol. The molecule has 1 aliphatic carbocycles. The van der Waals surface area contributed by atoms with Crippen LogP contribution in [0, 0.1) is 0 Å². The molecule has 1 amide bonds. The smallest absolute Gasteiger partial charge is 0.245 e. The molecule has 0 radical (unpaired) electrons. The zero-order valence-electron chi connectivity index (χ0n) is 13.0. The summed E-state index contributed by atoms with van der Waals surface area (Å²) in [5, 5.41) is 2.85. The minimum Gasteiger partial charge on any atom is -0.373 e. The molecule has 114 valence electrons. The highest BCUT2D eigenvalue weighted by Gasteiger charge is 2.40. The number of nitrogens with zero attached hydrogens (tertiary/aromatic N) is 2. The Hall–Kier alpha value is -1.59. The predicted octanol–water partition coefficient (Wildman–Crippen LogP) is 1.56. The molecule has 1 fully saturated rings. The molecule has 5 nitrogen and oxygen atoms in total. The molecule has 1 atom stereocenters. The number of hydrogen-bond acceptors (Lipinski definition) is 4. The van der Waals surface area contributed by atoms with E-state index in [-0.39, 0.29) is 11.4 Å². The van der Waals surface area contributed by atoms with Crippen LogP contribution in [0.25, 0.3) is 0 Å². The van der Waals surface area contributed by atoms with Gasteiger partial charge in [-0.05, 0) is 45.5 Å². The van der Waals surface area contributed by atoms with Crippen molar-refractivity contribution >= 4 is 17.3 Å². The van der Waals surface area contributed by atoms with Crippen LogP contribution in [0.1, 0.15) is 30.9 Å². The molecular formula is C16H24N4O. The molecule has 1 heterocycles. The number of carbonyl (C=O) groups excluding carboxylic acids is 1. The fourth-order valence-corrected chi connectivity index (χ4v) is 3.38. The Morgan fingerprint density at radius 1 is 1.33 bits per heavy atom. The van der Waals surface area contributed by atoms with Crippen molar-refractivity contribution in [3.63, 3.8) is 0 Å². The van der Waals surface area contributed by atoms with Crippen LogP contribution in [0.4, 0.5) is 11.4 Å². The standard InChI is InChI=1S/C16H24N4O/c1-19(2)16(7-4-8-16)10-20(3)11-5-6-12-13(9-11)18-15(21)14(12)17/h5-6,9,14H,4,7-8,10,17H2,1-3H3,(H,18,21). The first kappa shape index (κ1) is 14.4. The number of nitrogens with two attached hydrogens (primary N) is 1. The first-order valence-electron chi connectivity index (χ1n) is 7.52. The topological polar surface area (TPSA) is 61.6 Å². The highest BCUT2D eigenvalue weighted by atomic mass is 16.2. The number of carbonyl (C=O) groups is 1. The third-order valence-corrected chi connectivity index (χ3v) is 5.12. The van der Waals surface area contributed by atoms with Crippen molar-refractivity contribution in [3.8, 4) is 0 Å². The summed E-state index contributed by atoms with van der Waals surface area (Å²) in [5.41, 5.74) is 9.01. The van der Waals surface area contributed by atoms with E-state index in [1.165, 1.54) is 19.3 Å². The van der Waals surface area contributed by atoms with Gasteiger partial charge in [-0.15, -0.1) is 0 Å². The second-order valence-electron chi connectivity index (χ2n) is 6.57. The predicted molar refractivity (Wildman–Crippen MR) is 85.5 cm³/mol. The highest BCUT2D eigenvalue weighted by molar-refractivity contribution is 6.02. The minimum atomic E-state index is -0.529. The maximum atomic E-state index is 11.6. The zero-order valence-corrected chi connectivity index (χ0v) is 13.0.